The molecule has 0 aliphatic rings. The number of rotatable bonds is 23. The van der Waals surface area contributed by atoms with E-state index in [0.717, 1.165) is 0 Å². The van der Waals surface area contributed by atoms with E-state index in [0.29, 0.717) is 0 Å². The summed E-state index contributed by atoms with van der Waals surface area (Å²) in [5, 5.41) is 50.5. The Morgan fingerprint density at radius 2 is 0.375 bits per heavy atom. The highest BCUT2D eigenvalue weighted by molar-refractivity contribution is 7.92. The van der Waals surface area contributed by atoms with Gasteiger partial charge in [0, 0.05) is 0 Å². The summed E-state index contributed by atoms with van der Waals surface area (Å²) in [7, 11) is -16.0. The van der Waals surface area contributed by atoms with Gasteiger partial charge in [0.2, 0.25) is 39.3 Å². The van der Waals surface area contributed by atoms with Crippen LogP contribution in [-0.4, -0.2) is 96.4 Å². The summed E-state index contributed by atoms with van der Waals surface area (Å²) in [5.41, 5.74) is 0. The van der Waals surface area contributed by atoms with Crippen molar-refractivity contribution >= 4 is 39.3 Å². The number of ether oxygens (including phenoxy) is 6. The van der Waals surface area contributed by atoms with Crippen LogP contribution < -0.4 is 28.4 Å². The van der Waals surface area contributed by atoms with Crippen LogP contribution in [0.5, 0.6) is 46.0 Å². The molecular weight excluding hydrogens is 1120 g/mol. The molecule has 0 amide bonds. The first-order chi connectivity index (χ1) is 37.9. The Hall–Kier alpha value is -8.16. The van der Waals surface area contributed by atoms with Crippen molar-refractivity contribution in [1.29, 1.82) is 0 Å². The average molecular weight is 1170 g/mol. The number of hydrogen-bond acceptors (Lipinski definition) is 19. The highest BCUT2D eigenvalue weighted by atomic mass is 32.2. The molecule has 80 heavy (non-hydrogen) atoms. The minimum absolute atomic E-state index is 0.0220. The minimum Gasteiger partial charge on any atom is -0.508 e. The predicted molar refractivity (Wildman–Crippen MR) is 287 cm³/mol. The molecule has 0 aliphatic heterocycles. The SMILES string of the molecule is CC(O)C(Oc1ccc(S(=O)(=O)c2ccc(O)cc2)cc1)Oc1ccc(S(=O)(=O)c2ccc(OC(Oc3ccc(S(=O)(=O)c4ccc(OC(Oc5ccc(S(=O)(=O)c6ccc(O)cc6)cc5)C(C)O)cc4)cc3)C(C)O)cc2)cc1. The molecule has 5 unspecified atom stereocenters. The maximum absolute atomic E-state index is 13.6. The lowest BCUT2D eigenvalue weighted by atomic mass is 10.3. The summed E-state index contributed by atoms with van der Waals surface area (Å²) in [6.07, 6.45) is -7.52. The Morgan fingerprint density at radius 3 is 0.500 bits per heavy atom. The van der Waals surface area contributed by atoms with Gasteiger partial charge in [0.05, 0.1) is 39.2 Å². The van der Waals surface area contributed by atoms with Crippen LogP contribution >= 0.6 is 0 Å². The van der Waals surface area contributed by atoms with E-state index in [9.17, 15) is 59.2 Å². The highest BCUT2D eigenvalue weighted by Gasteiger charge is 2.27. The first kappa shape index (κ1) is 58.0. The van der Waals surface area contributed by atoms with Gasteiger partial charge in [-0.25, -0.2) is 33.7 Å². The maximum atomic E-state index is 13.6. The number of aliphatic hydroxyl groups is 3. The topological polar surface area (TPSA) is 293 Å². The van der Waals surface area contributed by atoms with Gasteiger partial charge in [-0.2, -0.15) is 0 Å². The number of phenolic OH excluding ortho intramolecular Hbond substituents is 2. The Balaban J connectivity index is 0.843. The quantitative estimate of drug-likeness (QED) is 0.0380. The Bertz CT molecular complexity index is 3590. The third-order valence-electron chi connectivity index (χ3n) is 11.8. The number of sulfone groups is 4. The van der Waals surface area contributed by atoms with Crippen LogP contribution in [-0.2, 0) is 39.3 Å². The molecule has 19 nitrogen and oxygen atoms in total. The number of phenols is 2. The van der Waals surface area contributed by atoms with Crippen molar-refractivity contribution in [3.05, 3.63) is 194 Å². The number of benzene rings is 8. The molecule has 0 heterocycles. The molecule has 0 spiro atoms. The van der Waals surface area contributed by atoms with Crippen LogP contribution in [0.25, 0.3) is 0 Å². The van der Waals surface area contributed by atoms with Crippen LogP contribution in [0.3, 0.4) is 0 Å². The van der Waals surface area contributed by atoms with Gasteiger partial charge < -0.3 is 54.0 Å². The normalized spacial score (nSPS) is 14.3. The first-order valence-electron chi connectivity index (χ1n) is 24.1. The van der Waals surface area contributed by atoms with Gasteiger partial charge in [-0.1, -0.05) is 0 Å². The van der Waals surface area contributed by atoms with Gasteiger partial charge in [-0.3, -0.25) is 0 Å². The lowest BCUT2D eigenvalue weighted by Crippen LogP contribution is -2.35. The first-order valence-corrected chi connectivity index (χ1v) is 30.1. The van der Waals surface area contributed by atoms with E-state index in [4.69, 9.17) is 28.4 Å². The second-order valence-electron chi connectivity index (χ2n) is 17.9. The Kier molecular flexibility index (Phi) is 17.4. The van der Waals surface area contributed by atoms with E-state index in [1.165, 1.54) is 215 Å². The number of aliphatic hydroxyl groups excluding tert-OH is 3. The van der Waals surface area contributed by atoms with Crippen molar-refractivity contribution in [1.82, 2.24) is 0 Å². The van der Waals surface area contributed by atoms with Crippen molar-refractivity contribution < 1.29 is 87.6 Å². The van der Waals surface area contributed by atoms with Crippen molar-refractivity contribution in [2.45, 2.75) is 97.1 Å². The molecule has 0 bridgehead atoms. The Morgan fingerprint density at radius 1 is 0.250 bits per heavy atom. The van der Waals surface area contributed by atoms with E-state index in [-0.39, 0.29) is 85.2 Å². The monoisotopic (exact) mass is 1170 g/mol. The van der Waals surface area contributed by atoms with E-state index < -0.39 is 76.5 Å². The molecule has 418 valence electrons. The zero-order chi connectivity index (χ0) is 57.6. The van der Waals surface area contributed by atoms with Gasteiger partial charge >= 0.3 is 0 Å². The zero-order valence-corrected chi connectivity index (χ0v) is 45.8. The molecule has 0 radical (unpaired) electrons. The second-order valence-corrected chi connectivity index (χ2v) is 25.7. The minimum atomic E-state index is -4.09. The van der Waals surface area contributed by atoms with Gasteiger partial charge in [0.1, 0.15) is 64.3 Å². The summed E-state index contributed by atoms with van der Waals surface area (Å²) in [6, 6.07) is 42.3. The fourth-order valence-electron chi connectivity index (χ4n) is 7.45. The van der Waals surface area contributed by atoms with E-state index in [1.807, 2.05) is 0 Å². The molecule has 8 aromatic carbocycles. The van der Waals surface area contributed by atoms with Gasteiger partial charge in [0.25, 0.3) is 18.9 Å². The van der Waals surface area contributed by atoms with Crippen molar-refractivity contribution in [3.63, 3.8) is 0 Å². The fraction of sp³-hybridized carbons (Fsp3) is 0.158. The van der Waals surface area contributed by atoms with Crippen LogP contribution in [0, 0.1) is 0 Å². The predicted octanol–water partition coefficient (Wildman–Crippen LogP) is 7.92. The molecular formula is C57H52O19S4. The lowest BCUT2D eigenvalue weighted by Gasteiger charge is -2.23. The van der Waals surface area contributed by atoms with Crippen LogP contribution in [0.2, 0.25) is 0 Å². The van der Waals surface area contributed by atoms with Crippen molar-refractivity contribution in [3.8, 4) is 46.0 Å². The molecule has 0 fully saturated rings. The second kappa shape index (κ2) is 24.1. The molecule has 0 saturated heterocycles. The summed E-state index contributed by atoms with van der Waals surface area (Å²) in [5.74, 6) is 0.724. The van der Waals surface area contributed by atoms with Crippen LogP contribution in [0.1, 0.15) is 20.8 Å². The molecule has 8 aromatic rings. The van der Waals surface area contributed by atoms with Gasteiger partial charge in [-0.15, -0.1) is 0 Å². The molecule has 0 saturated carbocycles. The summed E-state index contributed by atoms with van der Waals surface area (Å²) < 4.78 is 142. The summed E-state index contributed by atoms with van der Waals surface area (Å²) >= 11 is 0. The fourth-order valence-corrected chi connectivity index (χ4v) is 12.5. The molecule has 0 aliphatic carbocycles. The largest absolute Gasteiger partial charge is 0.508 e. The molecule has 5 N–H and O–H groups in total. The lowest BCUT2D eigenvalue weighted by molar-refractivity contribution is -0.0778. The Labute approximate surface area is 461 Å². The molecule has 0 aromatic heterocycles. The van der Waals surface area contributed by atoms with Crippen LogP contribution in [0.15, 0.2) is 233 Å². The highest BCUT2D eigenvalue weighted by Crippen LogP contribution is 2.32. The molecule has 23 heteroatoms. The summed E-state index contributed by atoms with van der Waals surface area (Å²) in [6.45, 7) is 4.22. The number of aromatic hydroxyl groups is 2. The smallest absolute Gasteiger partial charge is 0.266 e. The average Bonchev–Trinajstić information content (AvgIpc) is 3.45. The third-order valence-corrected chi connectivity index (χ3v) is 18.9. The molecule has 8 rings (SSSR count). The standard InChI is InChI=1S/C57H52O19S4/c1-36(58)55(71-41-8-24-49(25-9-41)77(63,64)47-20-4-39(61)5-21-47)73-43-12-28-51(29-13-43)79(67,68)53-32-16-45(17-33-53)75-57(38(3)60)76-46-18-34-54(35-19-46)80(69,70)52-30-14-44(15-31-52)74-56(37(2)59)72-42-10-26-50(27-11-42)78(65,66)48-22-6-40(62)7-23-48/h4-38,55-62H,1-3H3. The van der Waals surface area contributed by atoms with E-state index in [1.54, 1.807) is 0 Å². The van der Waals surface area contributed by atoms with Crippen molar-refractivity contribution in [2.24, 2.45) is 0 Å². The van der Waals surface area contributed by atoms with E-state index in [2.05, 4.69) is 0 Å². The van der Waals surface area contributed by atoms with Crippen LogP contribution in [0.4, 0.5) is 0 Å². The van der Waals surface area contributed by atoms with Crippen molar-refractivity contribution in [2.75, 3.05) is 0 Å². The maximum Gasteiger partial charge on any atom is 0.266 e. The van der Waals surface area contributed by atoms with Gasteiger partial charge in [-0.05, 0) is 215 Å². The molecule has 5 atom stereocenters. The summed E-state index contributed by atoms with van der Waals surface area (Å²) in [4.78, 5) is -0.516. The zero-order valence-electron chi connectivity index (χ0n) is 42.5. The van der Waals surface area contributed by atoms with Gasteiger partial charge in [0.15, 0.2) is 0 Å². The number of hydrogen-bond donors (Lipinski definition) is 5. The third kappa shape index (κ3) is 13.6. The van der Waals surface area contributed by atoms with E-state index >= 15 is 0 Å².